The minimum atomic E-state index is -0.732. The first kappa shape index (κ1) is 7.55. The van der Waals surface area contributed by atoms with E-state index in [2.05, 4.69) is 4.98 Å². The Hall–Kier alpha value is -1.09. The highest BCUT2D eigenvalue weighted by Crippen LogP contribution is 2.25. The second kappa shape index (κ2) is 2.45. The molecule has 1 aromatic heterocycles. The molecule has 0 aliphatic rings. The van der Waals surface area contributed by atoms with Crippen LogP contribution in [-0.2, 0) is 0 Å². The van der Waals surface area contributed by atoms with Crippen molar-refractivity contribution in [3.8, 4) is 0 Å². The van der Waals surface area contributed by atoms with Gasteiger partial charge in [0.1, 0.15) is 11.0 Å². The molecule has 2 aromatic rings. The first-order valence-corrected chi connectivity index (χ1v) is 3.69. The predicted octanol–water partition coefficient (Wildman–Crippen LogP) is 3.10. The molecule has 0 saturated heterocycles. The summed E-state index contributed by atoms with van der Waals surface area (Å²) in [6.07, 6.45) is 0. The molecule has 1 heterocycles. The van der Waals surface area contributed by atoms with Crippen LogP contribution in [0.15, 0.2) is 18.2 Å². The molecule has 0 aliphatic carbocycles. The Labute approximate surface area is 72.0 Å². The predicted molar refractivity (Wildman–Crippen MR) is 43.2 cm³/mol. The van der Waals surface area contributed by atoms with E-state index in [0.717, 1.165) is 0 Å². The lowest BCUT2D eigenvalue weighted by Crippen LogP contribution is -1.76. The zero-order valence-electron chi connectivity index (χ0n) is 5.87. The molecule has 2 rings (SSSR count). The summed E-state index contributed by atoms with van der Waals surface area (Å²) in [5.41, 5.74) is 0.373. The normalized spacial score (nSPS) is 10.9. The highest BCUT2D eigenvalue weighted by atomic mass is 35.5. The van der Waals surface area contributed by atoms with Gasteiger partial charge in [0, 0.05) is 0 Å². The molecule has 0 fully saturated rings. The van der Waals surface area contributed by atoms with Crippen molar-refractivity contribution in [3.05, 3.63) is 35.0 Å². The Morgan fingerprint density at radius 1 is 1.25 bits per heavy atom. The van der Waals surface area contributed by atoms with Crippen molar-refractivity contribution in [1.82, 2.24) is 4.98 Å². The summed E-state index contributed by atoms with van der Waals surface area (Å²) >= 11 is 5.43. The molecule has 0 atom stereocenters. The summed E-state index contributed by atoms with van der Waals surface area (Å²) in [7, 11) is 0. The summed E-state index contributed by atoms with van der Waals surface area (Å²) in [4.78, 5) is 2.52. The topological polar surface area (TPSA) is 15.8 Å². The monoisotopic (exact) mass is 187 g/mol. The van der Waals surface area contributed by atoms with E-state index in [1.165, 1.54) is 12.1 Å². The number of benzene rings is 1. The smallest absolute Gasteiger partial charge is 0.170 e. The SMILES string of the molecule is Fc1cccc2[nH]c(Cl)c(F)c12. The van der Waals surface area contributed by atoms with E-state index in [9.17, 15) is 8.78 Å². The lowest BCUT2D eigenvalue weighted by Gasteiger charge is -1.89. The average Bonchev–Trinajstić information content (AvgIpc) is 2.29. The fourth-order valence-corrected chi connectivity index (χ4v) is 1.33. The van der Waals surface area contributed by atoms with Gasteiger partial charge < -0.3 is 4.98 Å². The quantitative estimate of drug-likeness (QED) is 0.652. The molecule has 0 amide bonds. The molecule has 0 saturated carbocycles. The molecular formula is C8H4ClF2N. The highest BCUT2D eigenvalue weighted by molar-refractivity contribution is 6.30. The largest absolute Gasteiger partial charge is 0.343 e. The van der Waals surface area contributed by atoms with Gasteiger partial charge >= 0.3 is 0 Å². The highest BCUT2D eigenvalue weighted by Gasteiger charge is 2.12. The molecule has 0 spiro atoms. The molecule has 0 aliphatic heterocycles. The van der Waals surface area contributed by atoms with Gasteiger partial charge in [0.05, 0.1) is 10.9 Å². The summed E-state index contributed by atoms with van der Waals surface area (Å²) in [6.45, 7) is 0. The van der Waals surface area contributed by atoms with Gasteiger partial charge in [-0.25, -0.2) is 8.78 Å². The second-order valence-corrected chi connectivity index (χ2v) is 2.79. The van der Waals surface area contributed by atoms with Gasteiger partial charge in [-0.05, 0) is 12.1 Å². The minimum absolute atomic E-state index is 0.0810. The third kappa shape index (κ3) is 0.898. The Bertz CT molecular complexity index is 436. The van der Waals surface area contributed by atoms with Crippen molar-refractivity contribution in [1.29, 1.82) is 0 Å². The summed E-state index contributed by atoms with van der Waals surface area (Å²) in [5, 5.41) is -0.238. The molecule has 0 radical (unpaired) electrons. The summed E-state index contributed by atoms with van der Waals surface area (Å²) in [6, 6.07) is 4.24. The van der Waals surface area contributed by atoms with Crippen LogP contribution >= 0.6 is 11.6 Å². The number of hydrogen-bond acceptors (Lipinski definition) is 0. The van der Waals surface area contributed by atoms with Crippen LogP contribution in [-0.4, -0.2) is 4.98 Å². The summed E-state index contributed by atoms with van der Waals surface area (Å²) < 4.78 is 26.0. The van der Waals surface area contributed by atoms with Gasteiger partial charge in [0.15, 0.2) is 5.82 Å². The molecule has 0 unspecified atom stereocenters. The minimum Gasteiger partial charge on any atom is -0.343 e. The van der Waals surface area contributed by atoms with Crippen molar-refractivity contribution >= 4 is 22.5 Å². The van der Waals surface area contributed by atoms with Crippen LogP contribution in [0.1, 0.15) is 0 Å². The van der Waals surface area contributed by atoms with Crippen LogP contribution in [0.2, 0.25) is 5.15 Å². The standard InChI is InChI=1S/C8H4ClF2N/c9-8-7(11)6-4(10)2-1-3-5(6)12-8/h1-3,12H. The number of fused-ring (bicyclic) bond motifs is 1. The molecule has 4 heteroatoms. The number of aromatic nitrogens is 1. The molecule has 62 valence electrons. The van der Waals surface area contributed by atoms with E-state index in [1.54, 1.807) is 6.07 Å². The van der Waals surface area contributed by atoms with Crippen LogP contribution in [0.25, 0.3) is 10.9 Å². The molecule has 1 nitrogen and oxygen atoms in total. The van der Waals surface area contributed by atoms with Crippen LogP contribution in [0, 0.1) is 11.6 Å². The zero-order chi connectivity index (χ0) is 8.72. The maximum atomic E-state index is 13.0. The average molecular weight is 188 g/mol. The maximum absolute atomic E-state index is 13.0. The fraction of sp³-hybridized carbons (Fsp3) is 0. The van der Waals surface area contributed by atoms with E-state index in [0.29, 0.717) is 5.52 Å². The number of aromatic amines is 1. The zero-order valence-corrected chi connectivity index (χ0v) is 6.62. The van der Waals surface area contributed by atoms with E-state index >= 15 is 0 Å². The van der Waals surface area contributed by atoms with Crippen molar-refractivity contribution in [2.24, 2.45) is 0 Å². The first-order chi connectivity index (χ1) is 5.70. The number of H-pyrrole nitrogens is 1. The van der Waals surface area contributed by atoms with Crippen LogP contribution in [0.5, 0.6) is 0 Å². The van der Waals surface area contributed by atoms with Gasteiger partial charge in [-0.15, -0.1) is 0 Å². The Balaban J connectivity index is 2.97. The van der Waals surface area contributed by atoms with E-state index in [-0.39, 0.29) is 10.5 Å². The Morgan fingerprint density at radius 2 is 2.00 bits per heavy atom. The van der Waals surface area contributed by atoms with Gasteiger partial charge in [-0.2, -0.15) is 0 Å². The van der Waals surface area contributed by atoms with Crippen LogP contribution in [0.4, 0.5) is 8.78 Å². The number of hydrogen-bond donors (Lipinski definition) is 1. The molecule has 12 heavy (non-hydrogen) atoms. The van der Waals surface area contributed by atoms with Crippen LogP contribution < -0.4 is 0 Å². The van der Waals surface area contributed by atoms with Crippen molar-refractivity contribution < 1.29 is 8.78 Å². The maximum Gasteiger partial charge on any atom is 0.170 e. The van der Waals surface area contributed by atoms with Crippen molar-refractivity contribution in [3.63, 3.8) is 0 Å². The fourth-order valence-electron chi connectivity index (χ4n) is 1.13. The van der Waals surface area contributed by atoms with E-state index in [1.807, 2.05) is 0 Å². The van der Waals surface area contributed by atoms with E-state index < -0.39 is 11.6 Å². The number of rotatable bonds is 0. The lowest BCUT2D eigenvalue weighted by molar-refractivity contribution is 0.610. The van der Waals surface area contributed by atoms with Gasteiger partial charge in [-0.1, -0.05) is 17.7 Å². The lowest BCUT2D eigenvalue weighted by atomic mass is 10.2. The van der Waals surface area contributed by atoms with Gasteiger partial charge in [-0.3, -0.25) is 0 Å². The molecule has 0 bridgehead atoms. The number of nitrogens with one attached hydrogen (secondary N) is 1. The second-order valence-electron chi connectivity index (χ2n) is 2.42. The van der Waals surface area contributed by atoms with Gasteiger partial charge in [0.25, 0.3) is 0 Å². The van der Waals surface area contributed by atoms with Crippen molar-refractivity contribution in [2.75, 3.05) is 0 Å². The van der Waals surface area contributed by atoms with E-state index in [4.69, 9.17) is 11.6 Å². The first-order valence-electron chi connectivity index (χ1n) is 3.31. The third-order valence-electron chi connectivity index (χ3n) is 1.67. The third-order valence-corrected chi connectivity index (χ3v) is 1.93. The van der Waals surface area contributed by atoms with Crippen molar-refractivity contribution in [2.45, 2.75) is 0 Å². The Morgan fingerprint density at radius 3 is 2.67 bits per heavy atom. The Kier molecular flexibility index (Phi) is 1.54. The summed E-state index contributed by atoms with van der Waals surface area (Å²) in [5.74, 6) is -1.34. The van der Waals surface area contributed by atoms with Gasteiger partial charge in [0.2, 0.25) is 0 Å². The van der Waals surface area contributed by atoms with Crippen LogP contribution in [0.3, 0.4) is 0 Å². The molecule has 1 aromatic carbocycles. The molecular weight excluding hydrogens is 184 g/mol. The number of halogens is 3. The molecule has 1 N–H and O–H groups in total.